The van der Waals surface area contributed by atoms with Gasteiger partial charge < -0.3 is 10.1 Å². The Kier molecular flexibility index (Phi) is 4.60. The van der Waals surface area contributed by atoms with Crippen LogP contribution < -0.4 is 15.6 Å². The Morgan fingerprint density at radius 3 is 2.55 bits per heavy atom. The van der Waals surface area contributed by atoms with Crippen molar-refractivity contribution < 1.29 is 17.9 Å². The van der Waals surface area contributed by atoms with Crippen LogP contribution in [-0.4, -0.2) is 16.6 Å². The molecule has 0 spiro atoms. The zero-order valence-electron chi connectivity index (χ0n) is 11.2. The standard InChI is InChI=1S/C13H11ClF3N3O2/c1-7(19-10-6-18-20-12(21)11(10)14)8-2-4-9(5-3-8)22-13(15,16)17/h2-7H,1H3,(H2,19,20,21)/t7-/m0/s1. The van der Waals surface area contributed by atoms with Gasteiger partial charge in [0.1, 0.15) is 10.8 Å². The normalized spacial score (nSPS) is 12.8. The van der Waals surface area contributed by atoms with Crippen LogP contribution in [0, 0.1) is 0 Å². The summed E-state index contributed by atoms with van der Waals surface area (Å²) in [6.07, 6.45) is -3.38. The molecule has 0 amide bonds. The molecule has 22 heavy (non-hydrogen) atoms. The smallest absolute Gasteiger partial charge is 0.406 e. The molecule has 2 rings (SSSR count). The van der Waals surface area contributed by atoms with Gasteiger partial charge in [-0.3, -0.25) is 4.79 Å². The third-order valence-corrected chi connectivity index (χ3v) is 3.16. The lowest BCUT2D eigenvalue weighted by atomic mass is 10.1. The van der Waals surface area contributed by atoms with Gasteiger partial charge in [0.2, 0.25) is 0 Å². The number of aromatic amines is 1. The Morgan fingerprint density at radius 1 is 1.32 bits per heavy atom. The maximum atomic E-state index is 12.1. The highest BCUT2D eigenvalue weighted by atomic mass is 35.5. The van der Waals surface area contributed by atoms with E-state index in [9.17, 15) is 18.0 Å². The number of ether oxygens (including phenoxy) is 1. The predicted octanol–water partition coefficient (Wildman–Crippen LogP) is 3.50. The number of anilines is 1. The molecule has 2 N–H and O–H groups in total. The number of alkyl halides is 3. The summed E-state index contributed by atoms with van der Waals surface area (Å²) in [5.74, 6) is -0.306. The Labute approximate surface area is 128 Å². The first-order chi connectivity index (χ1) is 10.3. The van der Waals surface area contributed by atoms with Crippen LogP contribution in [0.25, 0.3) is 0 Å². The second-order valence-corrected chi connectivity index (χ2v) is 4.79. The highest BCUT2D eigenvalue weighted by molar-refractivity contribution is 6.32. The fraction of sp³-hybridized carbons (Fsp3) is 0.231. The second kappa shape index (κ2) is 6.27. The SMILES string of the molecule is C[C@H](Nc1cn[nH]c(=O)c1Cl)c1ccc(OC(F)(F)F)cc1. The fourth-order valence-corrected chi connectivity index (χ4v) is 1.90. The van der Waals surface area contributed by atoms with Gasteiger partial charge in [0.15, 0.2) is 0 Å². The van der Waals surface area contributed by atoms with Gasteiger partial charge in [0.05, 0.1) is 11.9 Å². The van der Waals surface area contributed by atoms with Crippen molar-refractivity contribution >= 4 is 17.3 Å². The number of benzene rings is 1. The van der Waals surface area contributed by atoms with Crippen LogP contribution in [-0.2, 0) is 0 Å². The lowest BCUT2D eigenvalue weighted by molar-refractivity contribution is -0.274. The van der Waals surface area contributed by atoms with E-state index in [1.54, 1.807) is 6.92 Å². The number of nitrogens with zero attached hydrogens (tertiary/aromatic N) is 1. The van der Waals surface area contributed by atoms with Gasteiger partial charge in [-0.1, -0.05) is 23.7 Å². The summed E-state index contributed by atoms with van der Waals surface area (Å²) in [5.41, 5.74) is 0.479. The van der Waals surface area contributed by atoms with Gasteiger partial charge in [-0.2, -0.15) is 5.10 Å². The van der Waals surface area contributed by atoms with Gasteiger partial charge in [0, 0.05) is 6.04 Å². The Morgan fingerprint density at radius 2 is 1.95 bits per heavy atom. The van der Waals surface area contributed by atoms with Crippen molar-refractivity contribution in [2.24, 2.45) is 0 Å². The lowest BCUT2D eigenvalue weighted by Gasteiger charge is -2.16. The van der Waals surface area contributed by atoms with Gasteiger partial charge in [-0.15, -0.1) is 13.2 Å². The van der Waals surface area contributed by atoms with Gasteiger partial charge in [0.25, 0.3) is 5.56 Å². The zero-order valence-corrected chi connectivity index (χ0v) is 12.0. The number of hydrogen-bond acceptors (Lipinski definition) is 4. The van der Waals surface area contributed by atoms with E-state index < -0.39 is 11.9 Å². The first-order valence-corrected chi connectivity index (χ1v) is 6.49. The molecular formula is C13H11ClF3N3O2. The summed E-state index contributed by atoms with van der Waals surface area (Å²) < 4.78 is 40.0. The molecule has 1 aromatic carbocycles. The van der Waals surface area contributed by atoms with Gasteiger partial charge in [-0.05, 0) is 24.6 Å². The van der Waals surface area contributed by atoms with E-state index in [4.69, 9.17) is 11.6 Å². The molecule has 0 bridgehead atoms. The van der Waals surface area contributed by atoms with Crippen molar-refractivity contribution in [3.05, 3.63) is 51.4 Å². The molecule has 0 saturated carbocycles. The van der Waals surface area contributed by atoms with Crippen LogP contribution in [0.1, 0.15) is 18.5 Å². The first-order valence-electron chi connectivity index (χ1n) is 6.11. The zero-order chi connectivity index (χ0) is 16.3. The fourth-order valence-electron chi connectivity index (χ4n) is 1.76. The molecule has 0 saturated heterocycles. The Balaban J connectivity index is 2.11. The monoisotopic (exact) mass is 333 g/mol. The van der Waals surface area contributed by atoms with Crippen molar-refractivity contribution in [2.45, 2.75) is 19.3 Å². The average molecular weight is 334 g/mol. The molecule has 0 radical (unpaired) electrons. The van der Waals surface area contributed by atoms with E-state index in [2.05, 4.69) is 20.3 Å². The largest absolute Gasteiger partial charge is 0.573 e. The van der Waals surface area contributed by atoms with E-state index in [1.807, 2.05) is 0 Å². The lowest BCUT2D eigenvalue weighted by Crippen LogP contribution is -2.17. The Hall–Kier alpha value is -2.22. The molecule has 1 aromatic heterocycles. The summed E-state index contributed by atoms with van der Waals surface area (Å²) in [4.78, 5) is 11.3. The summed E-state index contributed by atoms with van der Waals surface area (Å²) in [7, 11) is 0. The Bertz CT molecular complexity index is 701. The number of nitrogens with one attached hydrogen (secondary N) is 2. The van der Waals surface area contributed by atoms with Crippen LogP contribution in [0.5, 0.6) is 5.75 Å². The molecule has 2 aromatic rings. The van der Waals surface area contributed by atoms with Crippen molar-refractivity contribution in [3.63, 3.8) is 0 Å². The highest BCUT2D eigenvalue weighted by Crippen LogP contribution is 2.26. The minimum absolute atomic E-state index is 0.0427. The summed E-state index contributed by atoms with van der Waals surface area (Å²) >= 11 is 5.83. The molecular weight excluding hydrogens is 323 g/mol. The van der Waals surface area contributed by atoms with Crippen molar-refractivity contribution in [2.75, 3.05) is 5.32 Å². The van der Waals surface area contributed by atoms with Crippen LogP contribution in [0.15, 0.2) is 35.3 Å². The quantitative estimate of drug-likeness (QED) is 0.898. The summed E-state index contributed by atoms with van der Waals surface area (Å²) in [6, 6.07) is 5.07. The maximum Gasteiger partial charge on any atom is 0.573 e. The number of rotatable bonds is 4. The number of aromatic nitrogens is 2. The number of hydrogen-bond donors (Lipinski definition) is 2. The van der Waals surface area contributed by atoms with Crippen LogP contribution in [0.4, 0.5) is 18.9 Å². The van der Waals surface area contributed by atoms with Gasteiger partial charge >= 0.3 is 6.36 Å². The minimum atomic E-state index is -4.73. The highest BCUT2D eigenvalue weighted by Gasteiger charge is 2.31. The van der Waals surface area contributed by atoms with E-state index in [0.717, 1.165) is 0 Å². The van der Waals surface area contributed by atoms with Gasteiger partial charge in [-0.25, -0.2) is 5.10 Å². The molecule has 118 valence electrons. The van der Waals surface area contributed by atoms with Crippen molar-refractivity contribution in [1.82, 2.24) is 10.2 Å². The number of H-pyrrole nitrogens is 1. The van der Waals surface area contributed by atoms with Crippen LogP contribution >= 0.6 is 11.6 Å². The molecule has 0 fully saturated rings. The molecule has 0 aliphatic rings. The topological polar surface area (TPSA) is 67.0 Å². The van der Waals surface area contributed by atoms with Crippen molar-refractivity contribution in [3.8, 4) is 5.75 Å². The van der Waals surface area contributed by atoms with E-state index in [1.165, 1.54) is 30.5 Å². The van der Waals surface area contributed by atoms with Crippen LogP contribution in [0.2, 0.25) is 5.02 Å². The van der Waals surface area contributed by atoms with E-state index in [0.29, 0.717) is 11.3 Å². The minimum Gasteiger partial charge on any atom is -0.406 e. The summed E-state index contributed by atoms with van der Waals surface area (Å²) in [5, 5.41) is 8.71. The molecule has 1 atom stereocenters. The molecule has 9 heteroatoms. The average Bonchev–Trinajstić information content (AvgIpc) is 2.43. The molecule has 5 nitrogen and oxygen atoms in total. The maximum absolute atomic E-state index is 12.1. The molecule has 1 heterocycles. The first kappa shape index (κ1) is 16.2. The van der Waals surface area contributed by atoms with Crippen LogP contribution in [0.3, 0.4) is 0 Å². The second-order valence-electron chi connectivity index (χ2n) is 4.41. The third kappa shape index (κ3) is 4.14. The third-order valence-electron chi connectivity index (χ3n) is 2.78. The number of halogens is 4. The molecule has 0 aliphatic heterocycles. The molecule has 0 unspecified atom stereocenters. The van der Waals surface area contributed by atoms with E-state index >= 15 is 0 Å². The predicted molar refractivity (Wildman–Crippen MR) is 75.0 cm³/mol. The molecule has 0 aliphatic carbocycles. The van der Waals surface area contributed by atoms with Crippen molar-refractivity contribution in [1.29, 1.82) is 0 Å². The van der Waals surface area contributed by atoms with E-state index in [-0.39, 0.29) is 16.8 Å². The summed E-state index contributed by atoms with van der Waals surface area (Å²) in [6.45, 7) is 1.76.